The van der Waals surface area contributed by atoms with Crippen molar-refractivity contribution in [3.05, 3.63) is 28.0 Å². The average Bonchev–Trinajstić information content (AvgIpc) is 2.97. The molecule has 2 heterocycles. The van der Waals surface area contributed by atoms with Crippen LogP contribution in [0.2, 0.25) is 0 Å². The van der Waals surface area contributed by atoms with Crippen molar-refractivity contribution in [3.63, 3.8) is 0 Å². The maximum atomic E-state index is 6.12. The molecule has 0 atom stereocenters. The normalized spacial score (nSPS) is 11.6. The van der Waals surface area contributed by atoms with Crippen molar-refractivity contribution in [1.29, 1.82) is 0 Å². The summed E-state index contributed by atoms with van der Waals surface area (Å²) in [6, 6.07) is 4.10. The molecular weight excluding hydrogens is 372 g/mol. The predicted molar refractivity (Wildman–Crippen MR) is 99.0 cm³/mol. The van der Waals surface area contributed by atoms with E-state index in [-0.39, 0.29) is 0 Å². The van der Waals surface area contributed by atoms with Crippen molar-refractivity contribution >= 4 is 43.7 Å². The third-order valence-corrected chi connectivity index (χ3v) is 4.35. The van der Waals surface area contributed by atoms with Gasteiger partial charge in [0.15, 0.2) is 5.82 Å². The second-order valence-electron chi connectivity index (χ2n) is 5.60. The first kappa shape index (κ1) is 17.1. The first-order valence-electron chi connectivity index (χ1n) is 7.97. The summed E-state index contributed by atoms with van der Waals surface area (Å²) in [4.78, 5) is 12.5. The van der Waals surface area contributed by atoms with Crippen LogP contribution in [-0.2, 0) is 22.5 Å². The number of anilines is 1. The van der Waals surface area contributed by atoms with E-state index in [1.54, 1.807) is 7.11 Å². The molecule has 0 amide bonds. The Bertz CT molecular complexity index is 863. The monoisotopic (exact) mass is 392 g/mol. The number of ether oxygens (including phenoxy) is 2. The van der Waals surface area contributed by atoms with Gasteiger partial charge in [0.1, 0.15) is 17.9 Å². The van der Waals surface area contributed by atoms with Crippen molar-refractivity contribution in [2.75, 3.05) is 26.1 Å². The first-order valence-corrected chi connectivity index (χ1v) is 8.76. The smallest absolute Gasteiger partial charge is 0.152 e. The van der Waals surface area contributed by atoms with E-state index in [4.69, 9.17) is 15.2 Å². The number of fused-ring (bicyclic) bond motifs is 3. The Labute approximate surface area is 148 Å². The number of aromatic nitrogens is 3. The highest BCUT2D eigenvalue weighted by Gasteiger charge is 2.15. The molecule has 24 heavy (non-hydrogen) atoms. The number of methoxy groups -OCH3 is 1. The Kier molecular flexibility index (Phi) is 5.33. The standard InChI is InChI=1S/C17H21BrN4O2/c1-3-24-9-13-21-15-14-10(5-4-6-23-2)7-11(18)8-12(14)20-17(19)16(15)22-13/h7-8H,3-6,9H2,1-2H3,(H2,19,20)(H,21,22). The second kappa shape index (κ2) is 7.46. The van der Waals surface area contributed by atoms with Crippen molar-refractivity contribution < 1.29 is 9.47 Å². The molecule has 3 rings (SSSR count). The Hall–Kier alpha value is -1.70. The maximum Gasteiger partial charge on any atom is 0.152 e. The van der Waals surface area contributed by atoms with E-state index >= 15 is 0 Å². The lowest BCUT2D eigenvalue weighted by atomic mass is 10.0. The fourth-order valence-electron chi connectivity index (χ4n) is 2.87. The van der Waals surface area contributed by atoms with Crippen LogP contribution in [0.5, 0.6) is 0 Å². The summed E-state index contributed by atoms with van der Waals surface area (Å²) in [5.74, 6) is 1.19. The van der Waals surface area contributed by atoms with Gasteiger partial charge in [-0.2, -0.15) is 0 Å². The summed E-state index contributed by atoms with van der Waals surface area (Å²) in [6.45, 7) is 3.75. The number of pyridine rings is 1. The molecule has 3 N–H and O–H groups in total. The van der Waals surface area contributed by atoms with Crippen LogP contribution in [-0.4, -0.2) is 35.3 Å². The lowest BCUT2D eigenvalue weighted by Gasteiger charge is -2.09. The molecule has 7 heteroatoms. The van der Waals surface area contributed by atoms with E-state index in [1.807, 2.05) is 13.0 Å². The molecule has 0 fully saturated rings. The molecule has 0 aliphatic rings. The van der Waals surface area contributed by atoms with Gasteiger partial charge in [-0.05, 0) is 37.5 Å². The molecule has 0 aliphatic heterocycles. The minimum atomic E-state index is 0.428. The number of nitrogens with two attached hydrogens (primary N) is 1. The van der Waals surface area contributed by atoms with Crippen LogP contribution in [0.25, 0.3) is 21.9 Å². The van der Waals surface area contributed by atoms with Gasteiger partial charge >= 0.3 is 0 Å². The molecule has 0 saturated carbocycles. The zero-order valence-electron chi connectivity index (χ0n) is 13.9. The summed E-state index contributed by atoms with van der Waals surface area (Å²) in [6.07, 6.45) is 1.83. The van der Waals surface area contributed by atoms with Gasteiger partial charge in [0.05, 0.1) is 11.0 Å². The molecule has 0 aliphatic carbocycles. The van der Waals surface area contributed by atoms with Crippen LogP contribution in [0.3, 0.4) is 0 Å². The molecule has 0 saturated heterocycles. The highest BCUT2D eigenvalue weighted by Crippen LogP contribution is 2.32. The van der Waals surface area contributed by atoms with E-state index in [2.05, 4.69) is 36.9 Å². The fraction of sp³-hybridized carbons (Fsp3) is 0.412. The number of nitrogen functional groups attached to an aromatic ring is 1. The molecule has 128 valence electrons. The van der Waals surface area contributed by atoms with Crippen molar-refractivity contribution in [2.24, 2.45) is 0 Å². The van der Waals surface area contributed by atoms with Crippen LogP contribution < -0.4 is 5.73 Å². The quantitative estimate of drug-likeness (QED) is 0.600. The van der Waals surface area contributed by atoms with Crippen molar-refractivity contribution in [1.82, 2.24) is 15.0 Å². The minimum absolute atomic E-state index is 0.428. The molecule has 3 aromatic rings. The van der Waals surface area contributed by atoms with Crippen LogP contribution in [0, 0.1) is 0 Å². The van der Waals surface area contributed by atoms with E-state index < -0.39 is 0 Å². The SMILES string of the molecule is CCOCc1nc2c(N)nc3cc(Br)cc(CCCOC)c3c2[nH]1. The van der Waals surface area contributed by atoms with E-state index in [0.29, 0.717) is 24.5 Å². The molecule has 0 unspecified atom stereocenters. The number of H-pyrrole nitrogens is 1. The summed E-state index contributed by atoms with van der Waals surface area (Å²) < 4.78 is 11.6. The zero-order valence-corrected chi connectivity index (χ0v) is 15.4. The maximum absolute atomic E-state index is 6.12. The summed E-state index contributed by atoms with van der Waals surface area (Å²) >= 11 is 3.56. The number of imidazole rings is 1. The molecule has 0 bridgehead atoms. The highest BCUT2D eigenvalue weighted by molar-refractivity contribution is 9.10. The molecule has 0 spiro atoms. The minimum Gasteiger partial charge on any atom is -0.385 e. The summed E-state index contributed by atoms with van der Waals surface area (Å²) in [5.41, 5.74) is 9.79. The van der Waals surface area contributed by atoms with Crippen LogP contribution in [0.1, 0.15) is 24.7 Å². The number of aromatic amines is 1. The van der Waals surface area contributed by atoms with Gasteiger partial charge < -0.3 is 20.2 Å². The molecule has 1 aromatic carbocycles. The summed E-state index contributed by atoms with van der Waals surface area (Å²) in [5, 5.41) is 1.06. The van der Waals surface area contributed by atoms with Crippen LogP contribution in [0.15, 0.2) is 16.6 Å². The van der Waals surface area contributed by atoms with Gasteiger partial charge in [-0.1, -0.05) is 15.9 Å². The largest absolute Gasteiger partial charge is 0.385 e. The number of nitrogens with zero attached hydrogens (tertiary/aromatic N) is 2. The number of hydrogen-bond acceptors (Lipinski definition) is 5. The van der Waals surface area contributed by atoms with Crippen molar-refractivity contribution in [3.8, 4) is 0 Å². The van der Waals surface area contributed by atoms with Crippen molar-refractivity contribution in [2.45, 2.75) is 26.4 Å². The number of hydrogen-bond donors (Lipinski definition) is 2. The van der Waals surface area contributed by atoms with E-state index in [0.717, 1.165) is 46.2 Å². The van der Waals surface area contributed by atoms with Crippen LogP contribution in [0.4, 0.5) is 5.82 Å². The number of aryl methyl sites for hydroxylation is 1. The van der Waals surface area contributed by atoms with Gasteiger partial charge in [0, 0.05) is 30.2 Å². The Morgan fingerprint density at radius 3 is 2.88 bits per heavy atom. The predicted octanol–water partition coefficient (Wildman–Crippen LogP) is 3.57. The summed E-state index contributed by atoms with van der Waals surface area (Å²) in [7, 11) is 1.72. The Morgan fingerprint density at radius 1 is 1.29 bits per heavy atom. The van der Waals surface area contributed by atoms with Gasteiger partial charge in [-0.3, -0.25) is 0 Å². The van der Waals surface area contributed by atoms with Gasteiger partial charge in [-0.25, -0.2) is 9.97 Å². The first-order chi connectivity index (χ1) is 11.6. The number of nitrogens with one attached hydrogen (secondary N) is 1. The second-order valence-corrected chi connectivity index (χ2v) is 6.51. The fourth-order valence-corrected chi connectivity index (χ4v) is 3.36. The van der Waals surface area contributed by atoms with E-state index in [9.17, 15) is 0 Å². The zero-order chi connectivity index (χ0) is 17.1. The molecule has 2 aromatic heterocycles. The topological polar surface area (TPSA) is 86.1 Å². The van der Waals surface area contributed by atoms with Gasteiger partial charge in [-0.15, -0.1) is 0 Å². The van der Waals surface area contributed by atoms with Crippen LogP contribution >= 0.6 is 15.9 Å². The van der Waals surface area contributed by atoms with Gasteiger partial charge in [0.25, 0.3) is 0 Å². The highest BCUT2D eigenvalue weighted by atomic mass is 79.9. The lowest BCUT2D eigenvalue weighted by Crippen LogP contribution is -1.98. The number of rotatable bonds is 7. The van der Waals surface area contributed by atoms with E-state index in [1.165, 1.54) is 5.56 Å². The number of benzene rings is 1. The van der Waals surface area contributed by atoms with Gasteiger partial charge in [0.2, 0.25) is 0 Å². The average molecular weight is 393 g/mol. The lowest BCUT2D eigenvalue weighted by molar-refractivity contribution is 0.129. The number of halogens is 1. The Balaban J connectivity index is 2.17. The molecule has 0 radical (unpaired) electrons. The molecule has 6 nitrogen and oxygen atoms in total. The Morgan fingerprint density at radius 2 is 2.12 bits per heavy atom. The molecular formula is C17H21BrN4O2. The third-order valence-electron chi connectivity index (χ3n) is 3.89. The third kappa shape index (κ3) is 3.38.